The highest BCUT2D eigenvalue weighted by molar-refractivity contribution is 7.24. The highest BCUT2D eigenvalue weighted by atomic mass is 32.1. The molecule has 2 heteroatoms. The van der Waals surface area contributed by atoms with E-state index in [1.54, 1.807) is 11.3 Å². The van der Waals surface area contributed by atoms with E-state index in [4.69, 9.17) is 0 Å². The molecule has 0 saturated carbocycles. The Balaban J connectivity index is 1.95. The summed E-state index contributed by atoms with van der Waals surface area (Å²) < 4.78 is 2.10. The van der Waals surface area contributed by atoms with Crippen molar-refractivity contribution >= 4 is 53.1 Å². The SMILES string of the molecule is CC(C)(C)c1ccc(C(C)(C)C)c2cc3cc4c(=O)c5ccccc5sc4cc3cc12. The van der Waals surface area contributed by atoms with Crippen LogP contribution in [0.3, 0.4) is 0 Å². The fourth-order valence-electron chi connectivity index (χ4n) is 4.70. The Labute approximate surface area is 187 Å². The number of fused-ring (bicyclic) bond motifs is 4. The van der Waals surface area contributed by atoms with Gasteiger partial charge in [0.15, 0.2) is 5.43 Å². The van der Waals surface area contributed by atoms with Crippen LogP contribution in [-0.4, -0.2) is 0 Å². The Morgan fingerprint density at radius 2 is 1.10 bits per heavy atom. The number of hydrogen-bond acceptors (Lipinski definition) is 2. The summed E-state index contributed by atoms with van der Waals surface area (Å²) in [4.78, 5) is 13.2. The molecule has 1 aromatic heterocycles. The molecule has 0 aliphatic carbocycles. The molecule has 156 valence electrons. The largest absolute Gasteiger partial charge is 0.289 e. The van der Waals surface area contributed by atoms with Gasteiger partial charge in [0, 0.05) is 20.2 Å². The van der Waals surface area contributed by atoms with Crippen molar-refractivity contribution < 1.29 is 0 Å². The minimum absolute atomic E-state index is 0.0428. The van der Waals surface area contributed by atoms with Gasteiger partial charge in [0.05, 0.1) is 0 Å². The number of rotatable bonds is 0. The first kappa shape index (κ1) is 20.2. The van der Waals surface area contributed by atoms with Gasteiger partial charge in [-0.05, 0) is 79.9 Å². The number of benzene rings is 4. The van der Waals surface area contributed by atoms with Gasteiger partial charge in [-0.3, -0.25) is 4.79 Å². The predicted octanol–water partition coefficient (Wildman–Crippen LogP) is 8.32. The second kappa shape index (κ2) is 6.64. The second-order valence-electron chi connectivity index (χ2n) is 10.7. The molecule has 1 nitrogen and oxygen atoms in total. The maximum atomic E-state index is 13.2. The van der Waals surface area contributed by atoms with Crippen LogP contribution in [0.1, 0.15) is 52.7 Å². The predicted molar refractivity (Wildman–Crippen MR) is 138 cm³/mol. The van der Waals surface area contributed by atoms with Crippen LogP contribution in [0.4, 0.5) is 0 Å². The van der Waals surface area contributed by atoms with E-state index in [-0.39, 0.29) is 16.3 Å². The van der Waals surface area contributed by atoms with Crippen LogP contribution in [0, 0.1) is 0 Å². The van der Waals surface area contributed by atoms with Crippen molar-refractivity contribution in [2.45, 2.75) is 52.4 Å². The van der Waals surface area contributed by atoms with Crippen LogP contribution in [0.2, 0.25) is 0 Å². The summed E-state index contributed by atoms with van der Waals surface area (Å²) >= 11 is 1.70. The van der Waals surface area contributed by atoms with Gasteiger partial charge in [-0.25, -0.2) is 0 Å². The third kappa shape index (κ3) is 3.25. The zero-order chi connectivity index (χ0) is 22.1. The van der Waals surface area contributed by atoms with Gasteiger partial charge in [-0.2, -0.15) is 0 Å². The summed E-state index contributed by atoms with van der Waals surface area (Å²) in [6.07, 6.45) is 0. The molecule has 5 aromatic rings. The van der Waals surface area contributed by atoms with Gasteiger partial charge in [0.25, 0.3) is 0 Å². The van der Waals surface area contributed by atoms with E-state index in [2.05, 4.69) is 77.9 Å². The summed E-state index contributed by atoms with van der Waals surface area (Å²) in [7, 11) is 0. The average Bonchev–Trinajstić information content (AvgIpc) is 2.69. The van der Waals surface area contributed by atoms with Gasteiger partial charge in [-0.15, -0.1) is 11.3 Å². The first-order valence-corrected chi connectivity index (χ1v) is 11.7. The minimum Gasteiger partial charge on any atom is -0.289 e. The zero-order valence-electron chi connectivity index (χ0n) is 19.1. The van der Waals surface area contributed by atoms with Crippen molar-refractivity contribution in [1.82, 2.24) is 0 Å². The van der Waals surface area contributed by atoms with E-state index in [0.717, 1.165) is 25.6 Å². The maximum Gasteiger partial charge on any atom is 0.195 e. The molecule has 31 heavy (non-hydrogen) atoms. The minimum atomic E-state index is 0.0428. The third-order valence-corrected chi connectivity index (χ3v) is 7.42. The Bertz CT molecular complexity index is 1560. The van der Waals surface area contributed by atoms with Gasteiger partial charge in [-0.1, -0.05) is 65.8 Å². The Hall–Kier alpha value is -2.71. The molecular formula is C29H28OS. The molecule has 0 spiro atoms. The van der Waals surface area contributed by atoms with Crippen LogP contribution in [-0.2, 0) is 10.8 Å². The molecule has 0 fully saturated rings. The summed E-state index contributed by atoms with van der Waals surface area (Å²) in [5.74, 6) is 0. The lowest BCUT2D eigenvalue weighted by Crippen LogP contribution is -2.16. The molecule has 0 saturated heterocycles. The van der Waals surface area contributed by atoms with E-state index in [0.29, 0.717) is 0 Å². The molecule has 5 rings (SSSR count). The van der Waals surface area contributed by atoms with Gasteiger partial charge < -0.3 is 0 Å². The lowest BCUT2D eigenvalue weighted by Gasteiger charge is -2.27. The van der Waals surface area contributed by atoms with Crippen LogP contribution >= 0.6 is 11.3 Å². The fourth-order valence-corrected chi connectivity index (χ4v) is 5.80. The summed E-state index contributed by atoms with van der Waals surface area (Å²) in [5.41, 5.74) is 2.94. The molecule has 0 unspecified atom stereocenters. The first-order chi connectivity index (χ1) is 14.5. The van der Waals surface area contributed by atoms with Crippen molar-refractivity contribution in [3.05, 3.63) is 82.0 Å². The monoisotopic (exact) mass is 424 g/mol. The van der Waals surface area contributed by atoms with Gasteiger partial charge in [0.1, 0.15) is 0 Å². The van der Waals surface area contributed by atoms with Crippen molar-refractivity contribution in [3.8, 4) is 0 Å². The van der Waals surface area contributed by atoms with Crippen LogP contribution in [0.25, 0.3) is 41.7 Å². The van der Waals surface area contributed by atoms with E-state index in [1.807, 2.05) is 24.3 Å². The van der Waals surface area contributed by atoms with Crippen molar-refractivity contribution in [2.24, 2.45) is 0 Å². The molecule has 0 bridgehead atoms. The summed E-state index contributed by atoms with van der Waals surface area (Å²) in [6, 6.07) is 21.5. The molecule has 0 N–H and O–H groups in total. The molecule has 4 aromatic carbocycles. The normalized spacial score (nSPS) is 13.0. The smallest absolute Gasteiger partial charge is 0.195 e. The fraction of sp³-hybridized carbons (Fsp3) is 0.276. The molecule has 0 atom stereocenters. The van der Waals surface area contributed by atoms with Crippen LogP contribution in [0.5, 0.6) is 0 Å². The quantitative estimate of drug-likeness (QED) is 0.228. The summed E-state index contributed by atoms with van der Waals surface area (Å²) in [6.45, 7) is 13.6. The van der Waals surface area contributed by atoms with Crippen LogP contribution < -0.4 is 5.43 Å². The molecular weight excluding hydrogens is 396 g/mol. The van der Waals surface area contributed by atoms with Crippen molar-refractivity contribution in [3.63, 3.8) is 0 Å². The second-order valence-corrected chi connectivity index (χ2v) is 11.8. The third-order valence-electron chi connectivity index (χ3n) is 6.28. The van der Waals surface area contributed by atoms with Crippen LogP contribution in [0.15, 0.2) is 65.5 Å². The Morgan fingerprint density at radius 3 is 1.68 bits per heavy atom. The van der Waals surface area contributed by atoms with E-state index >= 15 is 0 Å². The van der Waals surface area contributed by atoms with E-state index in [1.165, 1.54) is 27.3 Å². The lowest BCUT2D eigenvalue weighted by molar-refractivity contribution is 0.585. The van der Waals surface area contributed by atoms with Gasteiger partial charge in [0.2, 0.25) is 0 Å². The average molecular weight is 425 g/mol. The Morgan fingerprint density at radius 1 is 0.581 bits per heavy atom. The molecule has 0 aliphatic heterocycles. The lowest BCUT2D eigenvalue weighted by atomic mass is 9.77. The van der Waals surface area contributed by atoms with Crippen molar-refractivity contribution in [1.29, 1.82) is 0 Å². The van der Waals surface area contributed by atoms with E-state index < -0.39 is 0 Å². The topological polar surface area (TPSA) is 17.1 Å². The maximum absolute atomic E-state index is 13.2. The Kier molecular flexibility index (Phi) is 4.33. The standard InChI is InChI=1S/C29H28OS/c1-28(2,3)23-11-12-24(29(4,5)6)21-14-18-16-26-22(15-17(18)13-20(21)23)27(30)19-9-7-8-10-25(19)31-26/h7-16H,1-6H3. The molecule has 0 radical (unpaired) electrons. The zero-order valence-corrected chi connectivity index (χ0v) is 19.9. The molecule has 1 heterocycles. The van der Waals surface area contributed by atoms with Crippen molar-refractivity contribution in [2.75, 3.05) is 0 Å². The first-order valence-electron chi connectivity index (χ1n) is 10.9. The number of hydrogen-bond donors (Lipinski definition) is 0. The molecule has 0 amide bonds. The highest BCUT2D eigenvalue weighted by Crippen LogP contribution is 2.39. The van der Waals surface area contributed by atoms with Gasteiger partial charge >= 0.3 is 0 Å². The molecule has 0 aliphatic rings. The summed E-state index contributed by atoms with van der Waals surface area (Å²) in [5, 5.41) is 6.58. The highest BCUT2D eigenvalue weighted by Gasteiger charge is 2.23. The van der Waals surface area contributed by atoms with E-state index in [9.17, 15) is 4.79 Å².